The number of halogens is 1. The van der Waals surface area contributed by atoms with Crippen molar-refractivity contribution in [1.82, 2.24) is 0 Å². The Hall–Kier alpha value is -0.130. The van der Waals surface area contributed by atoms with Gasteiger partial charge in [0, 0.05) is 25.2 Å². The number of hydrogen-bond acceptors (Lipinski definition) is 11. The smallest absolute Gasteiger partial charge is 0.716 e. The first-order valence-electron chi connectivity index (χ1n) is 8.50. The van der Waals surface area contributed by atoms with Crippen molar-refractivity contribution in [2.24, 2.45) is 0 Å². The summed E-state index contributed by atoms with van der Waals surface area (Å²) in [6, 6.07) is 7.73. The molecule has 0 atom stereocenters. The summed E-state index contributed by atoms with van der Waals surface area (Å²) in [5.74, 6) is -0.161. The molecule has 0 fully saturated rings. The van der Waals surface area contributed by atoms with Gasteiger partial charge in [0.1, 0.15) is 5.75 Å². The first-order valence-corrected chi connectivity index (χ1v) is 13.2. The Bertz CT molecular complexity index is 1590. The zero-order chi connectivity index (χ0) is 23.4. The topological polar surface area (TPSA) is 142 Å². The van der Waals surface area contributed by atoms with Crippen LogP contribution in [0.25, 0.3) is 29.9 Å². The molecule has 4 rings (SSSR count). The van der Waals surface area contributed by atoms with Gasteiger partial charge in [-0.3, -0.25) is 0 Å². The van der Waals surface area contributed by atoms with E-state index in [0.29, 0.717) is 31.1 Å². The normalized spacial score (nSPS) is 11.7. The van der Waals surface area contributed by atoms with Crippen LogP contribution in [0.3, 0.4) is 0 Å². The predicted octanol–water partition coefficient (Wildman–Crippen LogP) is -1.56. The molecule has 2 aromatic carbocycles. The Morgan fingerprint density at radius 3 is 2.00 bits per heavy atom. The maximum Gasteiger partial charge on any atom is 1.00 e. The Morgan fingerprint density at radius 2 is 1.41 bits per heavy atom. The largest absolute Gasteiger partial charge is 1.00 e. The fourth-order valence-corrected chi connectivity index (χ4v) is 6.92. The Balaban J connectivity index is 0.00000204. The fourth-order valence-electron chi connectivity index (χ4n) is 3.20. The van der Waals surface area contributed by atoms with E-state index in [4.69, 9.17) is 24.7 Å². The van der Waals surface area contributed by atoms with E-state index in [1.807, 2.05) is 0 Å². The van der Waals surface area contributed by atoms with E-state index in [-0.39, 0.29) is 85.8 Å². The second-order valence-electron chi connectivity index (χ2n) is 6.46. The molecular weight excluding hydrogens is 570 g/mol. The summed E-state index contributed by atoms with van der Waals surface area (Å²) in [6.07, 6.45) is 0. The van der Waals surface area contributed by atoms with E-state index in [0.717, 1.165) is 22.7 Å². The Morgan fingerprint density at radius 1 is 0.853 bits per heavy atom. The van der Waals surface area contributed by atoms with Gasteiger partial charge in [-0.05, 0) is 42.8 Å². The molecule has 0 amide bonds. The van der Waals surface area contributed by atoms with E-state index < -0.39 is 20.8 Å². The first kappa shape index (κ1) is 30.1. The molecule has 0 bridgehead atoms. The zero-order valence-corrected chi connectivity index (χ0v) is 26.1. The van der Waals surface area contributed by atoms with Gasteiger partial charge in [0.2, 0.25) is 0 Å². The number of aryl methyl sites for hydroxylation is 1. The Kier molecular flexibility index (Phi) is 9.82. The molecule has 4 aromatic rings. The zero-order valence-electron chi connectivity index (χ0n) is 18.1. The van der Waals surface area contributed by atoms with E-state index >= 15 is 0 Å². The van der Waals surface area contributed by atoms with Crippen LogP contribution in [0.4, 0.5) is 0 Å². The number of methoxy groups -OCH3 is 1. The fraction of sp³-hybridized carbons (Fsp3) is 0.111. The van der Waals surface area contributed by atoms with Crippen LogP contribution >= 0.6 is 34.3 Å². The van der Waals surface area contributed by atoms with Crippen molar-refractivity contribution < 1.29 is 98.2 Å². The maximum atomic E-state index is 11.5. The van der Waals surface area contributed by atoms with Crippen LogP contribution in [0.1, 0.15) is 5.56 Å². The summed E-state index contributed by atoms with van der Waals surface area (Å²) in [6.45, 7) is 1.64. The van der Waals surface area contributed by atoms with Crippen LogP contribution in [0.5, 0.6) is 17.2 Å². The third-order valence-corrected chi connectivity index (χ3v) is 7.71. The summed E-state index contributed by atoms with van der Waals surface area (Å²) in [5, 5.41) is 0.937. The molecule has 2 heterocycles. The molecular formula is C18H11ClNa2O9S4. The van der Waals surface area contributed by atoms with Crippen molar-refractivity contribution in [2.45, 2.75) is 6.92 Å². The number of hydrogen-bond donors (Lipinski definition) is 0. The molecule has 0 aliphatic carbocycles. The number of fused-ring (bicyclic) bond motifs is 2. The van der Waals surface area contributed by atoms with Crippen molar-refractivity contribution in [1.29, 1.82) is 0 Å². The van der Waals surface area contributed by atoms with E-state index in [2.05, 4.69) is 0 Å². The van der Waals surface area contributed by atoms with Crippen molar-refractivity contribution >= 4 is 75.2 Å². The van der Waals surface area contributed by atoms with Crippen LogP contribution in [-0.2, 0) is 20.8 Å². The molecule has 0 saturated heterocycles. The minimum absolute atomic E-state index is 0. The molecule has 0 aliphatic heterocycles. The third-order valence-electron chi connectivity index (χ3n) is 4.34. The van der Waals surface area contributed by atoms with Gasteiger partial charge in [0.05, 0.1) is 16.9 Å². The van der Waals surface area contributed by atoms with E-state index in [9.17, 15) is 25.9 Å². The van der Waals surface area contributed by atoms with Crippen LogP contribution in [-0.4, -0.2) is 33.1 Å². The van der Waals surface area contributed by atoms with Crippen LogP contribution in [0.15, 0.2) is 30.3 Å². The summed E-state index contributed by atoms with van der Waals surface area (Å²) >= 11 is 8.12. The number of rotatable bonds is 6. The van der Waals surface area contributed by atoms with Gasteiger partial charge in [-0.25, -0.2) is 16.8 Å². The average molecular weight is 581 g/mol. The molecule has 170 valence electrons. The molecule has 0 aliphatic rings. The standard InChI is InChI=1S/C18H13ClO9S4.2Na/c1-8-5-9(19)6-13-14(8)16(28-32(23,24)25)18(30-13)17-15(27-31(20,21)22)11-4-3-10(26-2)7-12(11)29-17;;/h3-7H,1-2H3,(H,20,21,22)(H,23,24,25);;/q;2*+1/p-2. The maximum absolute atomic E-state index is 11.5. The van der Waals surface area contributed by atoms with Gasteiger partial charge in [-0.1, -0.05) is 11.6 Å². The molecule has 16 heteroatoms. The van der Waals surface area contributed by atoms with Crippen LogP contribution < -0.4 is 72.2 Å². The molecule has 0 unspecified atom stereocenters. The first-order chi connectivity index (χ1) is 14.9. The van der Waals surface area contributed by atoms with Gasteiger partial charge >= 0.3 is 59.1 Å². The van der Waals surface area contributed by atoms with E-state index in [1.54, 1.807) is 25.1 Å². The molecule has 0 radical (unpaired) electrons. The monoisotopic (exact) mass is 580 g/mol. The van der Waals surface area contributed by atoms with Gasteiger partial charge in [-0.15, -0.1) is 22.7 Å². The molecule has 0 saturated carbocycles. The van der Waals surface area contributed by atoms with Gasteiger partial charge in [-0.2, -0.15) is 0 Å². The second kappa shape index (κ2) is 11.1. The van der Waals surface area contributed by atoms with E-state index in [1.165, 1.54) is 19.2 Å². The summed E-state index contributed by atoms with van der Waals surface area (Å²) in [7, 11) is -8.94. The summed E-state index contributed by atoms with van der Waals surface area (Å²) < 4.78 is 84.4. The molecule has 9 nitrogen and oxygen atoms in total. The minimum Gasteiger partial charge on any atom is -0.716 e. The minimum atomic E-state index is -5.20. The van der Waals surface area contributed by atoms with Crippen molar-refractivity contribution in [2.75, 3.05) is 7.11 Å². The number of thiophene rings is 2. The van der Waals surface area contributed by atoms with Gasteiger partial charge in [0.25, 0.3) is 20.8 Å². The molecule has 2 aromatic heterocycles. The number of ether oxygens (including phenoxy) is 1. The molecule has 0 spiro atoms. The van der Waals surface area contributed by atoms with Crippen LogP contribution in [0.2, 0.25) is 5.02 Å². The number of benzene rings is 2. The third kappa shape index (κ3) is 6.40. The van der Waals surface area contributed by atoms with Gasteiger partial charge in [0.15, 0.2) is 11.5 Å². The average Bonchev–Trinajstić information content (AvgIpc) is 3.16. The molecule has 34 heavy (non-hydrogen) atoms. The van der Waals surface area contributed by atoms with Crippen molar-refractivity contribution in [3.05, 3.63) is 40.9 Å². The Labute approximate surface area is 252 Å². The summed E-state index contributed by atoms with van der Waals surface area (Å²) in [5.41, 5.74) is 0.523. The predicted molar refractivity (Wildman–Crippen MR) is 120 cm³/mol. The SMILES string of the molecule is COc1ccc2c(OS(=O)(=O)[O-])c(-c3sc4cc(Cl)cc(C)c4c3OS(=O)(=O)[O-])sc2c1.[Na+].[Na+]. The summed E-state index contributed by atoms with van der Waals surface area (Å²) in [4.78, 5) is 0.173. The van der Waals surface area contributed by atoms with Crippen molar-refractivity contribution in [3.8, 4) is 27.0 Å². The van der Waals surface area contributed by atoms with Crippen molar-refractivity contribution in [3.63, 3.8) is 0 Å². The quantitative estimate of drug-likeness (QED) is 0.150. The second-order valence-corrected chi connectivity index (χ2v) is 11.0. The van der Waals surface area contributed by atoms with Gasteiger partial charge < -0.3 is 22.2 Å². The molecule has 0 N–H and O–H groups in total. The van der Waals surface area contributed by atoms with Crippen LogP contribution in [0, 0.1) is 6.92 Å².